The van der Waals surface area contributed by atoms with Gasteiger partial charge in [-0.15, -0.1) is 16.4 Å². The molecule has 0 saturated heterocycles. The van der Waals surface area contributed by atoms with Gasteiger partial charge in [-0.3, -0.25) is 4.98 Å². The Kier molecular flexibility index (Phi) is 2.62. The molecule has 1 atom stereocenters. The standard InChI is InChI=1S/C7H8BrN5S/c1-13-6(7(8)11-12-13)5(9)4-2-10-3-14-4/h2-3,5H,9H2,1H3. The van der Waals surface area contributed by atoms with Crippen molar-refractivity contribution in [2.24, 2.45) is 12.8 Å². The number of hydrogen-bond acceptors (Lipinski definition) is 5. The molecule has 0 spiro atoms. The van der Waals surface area contributed by atoms with Gasteiger partial charge >= 0.3 is 0 Å². The van der Waals surface area contributed by atoms with E-state index in [2.05, 4.69) is 31.2 Å². The molecular formula is C7H8BrN5S. The zero-order valence-electron chi connectivity index (χ0n) is 7.38. The molecule has 0 radical (unpaired) electrons. The number of nitrogens with two attached hydrogens (primary N) is 1. The predicted molar refractivity (Wildman–Crippen MR) is 56.8 cm³/mol. The van der Waals surface area contributed by atoms with E-state index in [-0.39, 0.29) is 6.04 Å². The normalized spacial score (nSPS) is 13.1. The fraction of sp³-hybridized carbons (Fsp3) is 0.286. The fourth-order valence-electron chi connectivity index (χ4n) is 1.18. The van der Waals surface area contributed by atoms with Crippen LogP contribution in [-0.4, -0.2) is 20.0 Å². The van der Waals surface area contributed by atoms with Crippen molar-refractivity contribution < 1.29 is 0 Å². The molecule has 74 valence electrons. The zero-order valence-corrected chi connectivity index (χ0v) is 9.79. The first-order valence-electron chi connectivity index (χ1n) is 3.89. The van der Waals surface area contributed by atoms with E-state index in [1.807, 2.05) is 7.05 Å². The minimum atomic E-state index is -0.225. The van der Waals surface area contributed by atoms with Crippen molar-refractivity contribution in [2.45, 2.75) is 6.04 Å². The monoisotopic (exact) mass is 273 g/mol. The highest BCUT2D eigenvalue weighted by atomic mass is 79.9. The maximum Gasteiger partial charge on any atom is 0.153 e. The molecule has 0 aliphatic carbocycles. The van der Waals surface area contributed by atoms with Crippen molar-refractivity contribution in [3.8, 4) is 0 Å². The van der Waals surface area contributed by atoms with E-state index in [4.69, 9.17) is 5.73 Å². The van der Waals surface area contributed by atoms with E-state index in [0.717, 1.165) is 10.6 Å². The Bertz CT molecular complexity index is 404. The Balaban J connectivity index is 2.41. The quantitative estimate of drug-likeness (QED) is 0.889. The molecule has 5 nitrogen and oxygen atoms in total. The molecule has 0 amide bonds. The second-order valence-electron chi connectivity index (χ2n) is 2.77. The Morgan fingerprint density at radius 1 is 1.64 bits per heavy atom. The van der Waals surface area contributed by atoms with E-state index < -0.39 is 0 Å². The number of aryl methyl sites for hydroxylation is 1. The molecule has 14 heavy (non-hydrogen) atoms. The fourth-order valence-corrected chi connectivity index (χ4v) is 2.38. The average molecular weight is 274 g/mol. The van der Waals surface area contributed by atoms with Crippen LogP contribution in [0.25, 0.3) is 0 Å². The molecule has 0 saturated carbocycles. The first kappa shape index (κ1) is 9.75. The number of halogens is 1. The van der Waals surface area contributed by atoms with Crippen molar-refractivity contribution in [1.82, 2.24) is 20.0 Å². The molecule has 0 bridgehead atoms. The number of rotatable bonds is 2. The summed E-state index contributed by atoms with van der Waals surface area (Å²) >= 11 is 4.83. The third kappa shape index (κ3) is 1.58. The summed E-state index contributed by atoms with van der Waals surface area (Å²) in [5, 5.41) is 7.75. The Labute approximate surface area is 93.1 Å². The molecule has 0 fully saturated rings. The maximum absolute atomic E-state index is 6.05. The highest BCUT2D eigenvalue weighted by Gasteiger charge is 2.18. The molecule has 0 aliphatic heterocycles. The van der Waals surface area contributed by atoms with E-state index in [1.54, 1.807) is 16.4 Å². The number of aromatic nitrogens is 4. The first-order valence-corrected chi connectivity index (χ1v) is 5.56. The second kappa shape index (κ2) is 3.76. The van der Waals surface area contributed by atoms with Crippen LogP contribution in [0.5, 0.6) is 0 Å². The Morgan fingerprint density at radius 3 is 2.93 bits per heavy atom. The van der Waals surface area contributed by atoms with Crippen LogP contribution in [0.4, 0.5) is 0 Å². The van der Waals surface area contributed by atoms with Gasteiger partial charge in [0.2, 0.25) is 0 Å². The molecule has 0 aliphatic rings. The minimum absolute atomic E-state index is 0.225. The first-order chi connectivity index (χ1) is 6.70. The van der Waals surface area contributed by atoms with Crippen LogP contribution in [-0.2, 0) is 7.05 Å². The van der Waals surface area contributed by atoms with Gasteiger partial charge in [-0.1, -0.05) is 5.21 Å². The summed E-state index contributed by atoms with van der Waals surface area (Å²) < 4.78 is 2.34. The van der Waals surface area contributed by atoms with E-state index >= 15 is 0 Å². The largest absolute Gasteiger partial charge is 0.318 e. The topological polar surface area (TPSA) is 69.6 Å². The van der Waals surface area contributed by atoms with Crippen LogP contribution in [0.3, 0.4) is 0 Å². The van der Waals surface area contributed by atoms with Gasteiger partial charge < -0.3 is 5.73 Å². The molecule has 1 unspecified atom stereocenters. The summed E-state index contributed by atoms with van der Waals surface area (Å²) in [7, 11) is 1.81. The van der Waals surface area contributed by atoms with E-state index in [9.17, 15) is 0 Å². The van der Waals surface area contributed by atoms with Gasteiger partial charge in [0, 0.05) is 18.1 Å². The van der Waals surface area contributed by atoms with Crippen LogP contribution in [0.2, 0.25) is 0 Å². The lowest BCUT2D eigenvalue weighted by atomic mass is 10.2. The summed E-state index contributed by atoms with van der Waals surface area (Å²) in [6, 6.07) is -0.225. The third-order valence-electron chi connectivity index (χ3n) is 1.88. The van der Waals surface area contributed by atoms with Crippen LogP contribution in [0.1, 0.15) is 16.6 Å². The summed E-state index contributed by atoms with van der Waals surface area (Å²) in [6.07, 6.45) is 1.76. The summed E-state index contributed by atoms with van der Waals surface area (Å²) in [5.74, 6) is 0. The molecule has 2 aromatic rings. The van der Waals surface area contributed by atoms with Gasteiger partial charge in [-0.2, -0.15) is 0 Å². The van der Waals surface area contributed by atoms with E-state index in [0.29, 0.717) is 4.60 Å². The van der Waals surface area contributed by atoms with Crippen molar-refractivity contribution in [3.05, 3.63) is 26.9 Å². The van der Waals surface area contributed by atoms with Crippen LogP contribution in [0.15, 0.2) is 16.3 Å². The van der Waals surface area contributed by atoms with Gasteiger partial charge in [0.05, 0.1) is 17.2 Å². The van der Waals surface area contributed by atoms with Gasteiger partial charge in [-0.25, -0.2) is 4.68 Å². The average Bonchev–Trinajstić information content (AvgIpc) is 2.75. The molecule has 2 N–H and O–H groups in total. The maximum atomic E-state index is 6.05. The lowest BCUT2D eigenvalue weighted by molar-refractivity contribution is 0.654. The molecular weight excluding hydrogens is 266 g/mol. The zero-order chi connectivity index (χ0) is 10.1. The molecule has 2 aromatic heterocycles. The molecule has 0 aromatic carbocycles. The van der Waals surface area contributed by atoms with Crippen molar-refractivity contribution in [3.63, 3.8) is 0 Å². The summed E-state index contributed by atoms with van der Waals surface area (Å²) in [5.41, 5.74) is 8.66. The minimum Gasteiger partial charge on any atom is -0.318 e. The van der Waals surface area contributed by atoms with Crippen LogP contribution < -0.4 is 5.73 Å². The molecule has 7 heteroatoms. The van der Waals surface area contributed by atoms with Crippen molar-refractivity contribution >= 4 is 27.3 Å². The van der Waals surface area contributed by atoms with Gasteiger partial charge in [0.15, 0.2) is 4.60 Å². The van der Waals surface area contributed by atoms with Gasteiger partial charge in [0.25, 0.3) is 0 Å². The lowest BCUT2D eigenvalue weighted by Crippen LogP contribution is -2.15. The lowest BCUT2D eigenvalue weighted by Gasteiger charge is -2.08. The summed E-state index contributed by atoms with van der Waals surface area (Å²) in [4.78, 5) is 4.98. The van der Waals surface area contributed by atoms with Crippen molar-refractivity contribution in [1.29, 1.82) is 0 Å². The summed E-state index contributed by atoms with van der Waals surface area (Å²) in [6.45, 7) is 0. The third-order valence-corrected chi connectivity index (χ3v) is 3.30. The Hall–Kier alpha value is -0.790. The SMILES string of the molecule is Cn1nnc(Br)c1C(N)c1cncs1. The molecule has 2 rings (SSSR count). The van der Waals surface area contributed by atoms with Crippen LogP contribution in [0, 0.1) is 0 Å². The van der Waals surface area contributed by atoms with Gasteiger partial charge in [0.1, 0.15) is 0 Å². The predicted octanol–water partition coefficient (Wildman–Crippen LogP) is 1.08. The molecule has 2 heterocycles. The number of hydrogen-bond donors (Lipinski definition) is 1. The van der Waals surface area contributed by atoms with Crippen LogP contribution >= 0.6 is 27.3 Å². The highest BCUT2D eigenvalue weighted by molar-refractivity contribution is 9.10. The number of thiazole rings is 1. The number of nitrogens with zero attached hydrogens (tertiary/aromatic N) is 4. The van der Waals surface area contributed by atoms with E-state index in [1.165, 1.54) is 11.3 Å². The van der Waals surface area contributed by atoms with Gasteiger partial charge in [-0.05, 0) is 15.9 Å². The smallest absolute Gasteiger partial charge is 0.153 e. The van der Waals surface area contributed by atoms with Crippen molar-refractivity contribution in [2.75, 3.05) is 0 Å². The highest BCUT2D eigenvalue weighted by Crippen LogP contribution is 2.26. The Morgan fingerprint density at radius 2 is 2.43 bits per heavy atom. The second-order valence-corrected chi connectivity index (χ2v) is 4.44.